The minimum atomic E-state index is -5.82. The van der Waals surface area contributed by atoms with Crippen LogP contribution < -0.4 is 11.2 Å². The summed E-state index contributed by atoms with van der Waals surface area (Å²) in [5, 5.41) is 20.3. The summed E-state index contributed by atoms with van der Waals surface area (Å²) in [6, 6.07) is 0. The molecule has 0 amide bonds. The van der Waals surface area contributed by atoms with Gasteiger partial charge in [0.2, 0.25) is 0 Å². The van der Waals surface area contributed by atoms with Crippen molar-refractivity contribution in [3.8, 4) is 0 Å². The number of methoxy groups -OCH3 is 1. The molecule has 1 fully saturated rings. The summed E-state index contributed by atoms with van der Waals surface area (Å²) in [4.78, 5) is 62.7. The third-order valence-corrected chi connectivity index (χ3v) is 7.41. The number of aromatic amines is 2. The number of ether oxygens (including phenoxy) is 2. The molecule has 1 aliphatic rings. The van der Waals surface area contributed by atoms with E-state index in [1.807, 2.05) is 4.98 Å². The van der Waals surface area contributed by atoms with E-state index in [9.17, 15) is 38.4 Å². The minimum absolute atomic E-state index is 0.346. The summed E-state index contributed by atoms with van der Waals surface area (Å²) in [5.74, 6) is 0. The molecule has 0 bridgehead atoms. The fourth-order valence-electron chi connectivity index (χ4n) is 2.49. The van der Waals surface area contributed by atoms with Crippen molar-refractivity contribution >= 4 is 23.5 Å². The number of nitrogens with one attached hydrogen (secondary N) is 2. The Balaban J connectivity index is 2.20. The van der Waals surface area contributed by atoms with E-state index in [1.165, 1.54) is 0 Å². The monoisotopic (exact) mass is 514 g/mol. The van der Waals surface area contributed by atoms with Crippen molar-refractivity contribution in [2.75, 3.05) is 7.11 Å². The fourth-order valence-corrected chi connectivity index (χ4v) is 5.61. The van der Waals surface area contributed by atoms with E-state index >= 15 is 0 Å². The van der Waals surface area contributed by atoms with E-state index < -0.39 is 65.4 Å². The molecule has 21 heteroatoms. The quantitative estimate of drug-likeness (QED) is 0.125. The molecule has 0 aromatic carbocycles. The van der Waals surface area contributed by atoms with Crippen LogP contribution in [0.25, 0.3) is 0 Å². The van der Waals surface area contributed by atoms with Gasteiger partial charge in [-0.15, -0.1) is 0 Å². The highest BCUT2D eigenvalue weighted by atomic mass is 31.3. The lowest BCUT2D eigenvalue weighted by molar-refractivity contribution is -0.169. The molecule has 7 atom stereocenters. The molecule has 8 N–H and O–H groups in total. The Morgan fingerprint density at radius 3 is 2.16 bits per heavy atom. The first-order valence-electron chi connectivity index (χ1n) is 7.74. The van der Waals surface area contributed by atoms with Crippen LogP contribution in [0.2, 0.25) is 0 Å². The van der Waals surface area contributed by atoms with Crippen LogP contribution in [0.1, 0.15) is 11.7 Å². The summed E-state index contributed by atoms with van der Waals surface area (Å²) >= 11 is 0. The number of H-pyrrole nitrogens is 2. The molecule has 1 aliphatic heterocycles. The normalized spacial score (nSPS) is 29.3. The molecule has 2 heterocycles. The van der Waals surface area contributed by atoms with Crippen molar-refractivity contribution < 1.29 is 66.1 Å². The molecule has 0 spiro atoms. The number of rotatable bonds is 9. The fraction of sp³-hybridized carbons (Fsp3) is 0.600. The van der Waals surface area contributed by atoms with Gasteiger partial charge in [-0.1, -0.05) is 0 Å². The van der Waals surface area contributed by atoms with Crippen LogP contribution in [0, 0.1) is 0 Å². The van der Waals surface area contributed by atoms with Crippen molar-refractivity contribution in [2.24, 2.45) is 0 Å². The zero-order valence-electron chi connectivity index (χ0n) is 15.1. The van der Waals surface area contributed by atoms with Crippen LogP contribution in [-0.2, 0) is 36.3 Å². The van der Waals surface area contributed by atoms with E-state index in [0.717, 1.165) is 13.3 Å². The van der Waals surface area contributed by atoms with Crippen molar-refractivity contribution in [1.82, 2.24) is 9.97 Å². The van der Waals surface area contributed by atoms with E-state index in [2.05, 4.69) is 18.1 Å². The van der Waals surface area contributed by atoms with Crippen LogP contribution in [0.15, 0.2) is 15.8 Å². The lowest BCUT2D eigenvalue weighted by Crippen LogP contribution is -2.40. The second-order valence-corrected chi connectivity index (χ2v) is 10.2. The molecule has 0 saturated carbocycles. The Hall–Kier alpha value is -1.07. The van der Waals surface area contributed by atoms with E-state index in [-0.39, 0.29) is 5.56 Å². The van der Waals surface area contributed by atoms with Gasteiger partial charge >= 0.3 is 29.2 Å². The summed E-state index contributed by atoms with van der Waals surface area (Å²) in [6.07, 6.45) is -8.35. The van der Waals surface area contributed by atoms with Gasteiger partial charge in [-0.2, -0.15) is 8.62 Å². The highest BCUT2D eigenvalue weighted by Crippen LogP contribution is 2.66. The summed E-state index contributed by atoms with van der Waals surface area (Å²) < 4.78 is 55.4. The molecule has 3 unspecified atom stereocenters. The summed E-state index contributed by atoms with van der Waals surface area (Å²) in [7, 11) is -16.3. The van der Waals surface area contributed by atoms with E-state index in [4.69, 9.17) is 24.2 Å². The zero-order valence-corrected chi connectivity index (χ0v) is 17.8. The standard InChI is InChI=1S/C10H17N2O16P3/c1-24-9(26-30(20,21)28-31(22,23)27-29(17,18)19)7-5(14)4(13)6(25-7)3-2-11-10(16)12-8(3)15/h2,4-7,9,13-14H,1H3,(H,20,21)(H,22,23)(H2,17,18,19)(H2,11,12,15,16)/t4-,5+,6+,7+,9?/m1/s1. The molecular weight excluding hydrogens is 497 g/mol. The Bertz CT molecular complexity index is 1050. The number of phosphoric ester groups is 1. The molecule has 0 radical (unpaired) electrons. The molecule has 1 saturated heterocycles. The number of hydrogen-bond acceptors (Lipinski definition) is 12. The van der Waals surface area contributed by atoms with Gasteiger partial charge in [0.05, 0.1) is 5.56 Å². The second kappa shape index (κ2) is 9.43. The predicted octanol–water partition coefficient (Wildman–Crippen LogP) is -2.46. The van der Waals surface area contributed by atoms with Gasteiger partial charge in [-0.05, 0) is 0 Å². The minimum Gasteiger partial charge on any atom is -0.387 e. The summed E-state index contributed by atoms with van der Waals surface area (Å²) in [6.45, 7) is 0. The average Bonchev–Trinajstić information content (AvgIpc) is 2.85. The van der Waals surface area contributed by atoms with Crippen LogP contribution >= 0.6 is 23.5 Å². The lowest BCUT2D eigenvalue weighted by atomic mass is 10.0. The SMILES string of the molecule is COC(OP(=O)(O)OP(=O)(O)OP(=O)(O)O)[C@H]1O[C@@H](c2c[nH]c(=O)[nH]c2=O)[C@H](O)[C@@H]1O. The Labute approximate surface area is 170 Å². The van der Waals surface area contributed by atoms with Crippen LogP contribution in [0.5, 0.6) is 0 Å². The van der Waals surface area contributed by atoms with Gasteiger partial charge in [-0.3, -0.25) is 14.3 Å². The molecule has 31 heavy (non-hydrogen) atoms. The first-order valence-corrected chi connectivity index (χ1v) is 12.3. The average molecular weight is 514 g/mol. The molecule has 18 nitrogen and oxygen atoms in total. The van der Waals surface area contributed by atoms with Crippen LogP contribution in [0.3, 0.4) is 0 Å². The lowest BCUT2D eigenvalue weighted by Gasteiger charge is -2.26. The van der Waals surface area contributed by atoms with E-state index in [1.54, 1.807) is 0 Å². The topological polar surface area (TPSA) is 284 Å². The number of aliphatic hydroxyl groups excluding tert-OH is 2. The van der Waals surface area contributed by atoms with E-state index in [0.29, 0.717) is 0 Å². The van der Waals surface area contributed by atoms with Crippen LogP contribution in [-0.4, -0.2) is 71.5 Å². The number of aromatic nitrogens is 2. The first kappa shape index (κ1) is 26.2. The highest BCUT2D eigenvalue weighted by Gasteiger charge is 2.51. The van der Waals surface area contributed by atoms with Crippen molar-refractivity contribution in [2.45, 2.75) is 30.7 Å². The maximum absolute atomic E-state index is 11.9. The number of phosphoric acid groups is 3. The third kappa shape index (κ3) is 6.95. The molecule has 178 valence electrons. The Morgan fingerprint density at radius 2 is 1.65 bits per heavy atom. The second-order valence-electron chi connectivity index (χ2n) is 5.83. The van der Waals surface area contributed by atoms with Crippen molar-refractivity contribution in [3.63, 3.8) is 0 Å². The molecule has 1 aromatic heterocycles. The number of aliphatic hydroxyl groups is 2. The largest absolute Gasteiger partial charge is 0.490 e. The van der Waals surface area contributed by atoms with Gasteiger partial charge in [0.25, 0.3) is 5.56 Å². The maximum atomic E-state index is 11.9. The predicted molar refractivity (Wildman–Crippen MR) is 93.1 cm³/mol. The van der Waals surface area contributed by atoms with Gasteiger partial charge in [-0.25, -0.2) is 18.5 Å². The smallest absolute Gasteiger partial charge is 0.387 e. The van der Waals surface area contributed by atoms with Crippen molar-refractivity contribution in [3.05, 3.63) is 32.6 Å². The van der Waals surface area contributed by atoms with Gasteiger partial charge < -0.3 is 44.2 Å². The van der Waals surface area contributed by atoms with Gasteiger partial charge in [0.1, 0.15) is 24.4 Å². The molecule has 2 rings (SSSR count). The van der Waals surface area contributed by atoms with Crippen molar-refractivity contribution in [1.29, 1.82) is 0 Å². The molecule has 0 aliphatic carbocycles. The first-order chi connectivity index (χ1) is 14.1. The summed E-state index contributed by atoms with van der Waals surface area (Å²) in [5.41, 5.74) is -2.20. The maximum Gasteiger partial charge on any atom is 0.490 e. The zero-order chi connectivity index (χ0) is 23.8. The van der Waals surface area contributed by atoms with Crippen LogP contribution in [0.4, 0.5) is 0 Å². The highest BCUT2D eigenvalue weighted by molar-refractivity contribution is 7.66. The third-order valence-electron chi connectivity index (χ3n) is 3.61. The van der Waals surface area contributed by atoms with Gasteiger partial charge in [0, 0.05) is 13.3 Å². The molecule has 1 aromatic rings. The molecular formula is C10H17N2O16P3. The van der Waals surface area contributed by atoms with Gasteiger partial charge in [0.15, 0.2) is 6.29 Å². The number of hydrogen-bond donors (Lipinski definition) is 8. The Kier molecular flexibility index (Phi) is 7.96. The Morgan fingerprint density at radius 1 is 1.03 bits per heavy atom.